The van der Waals surface area contributed by atoms with E-state index in [1.165, 1.54) is 18.2 Å². The predicted octanol–water partition coefficient (Wildman–Crippen LogP) is 2.45. The number of hydrogen-bond acceptors (Lipinski definition) is 3. The summed E-state index contributed by atoms with van der Waals surface area (Å²) < 4.78 is 18.7. The van der Waals surface area contributed by atoms with E-state index in [0.717, 1.165) is 19.4 Å². The summed E-state index contributed by atoms with van der Waals surface area (Å²) in [5, 5.41) is 2.64. The lowest BCUT2D eigenvalue weighted by Crippen LogP contribution is -2.34. The summed E-state index contributed by atoms with van der Waals surface area (Å²) in [5.41, 5.74) is 0.423. The summed E-state index contributed by atoms with van der Waals surface area (Å²) in [6, 6.07) is 4.00. The van der Waals surface area contributed by atoms with Gasteiger partial charge in [-0.3, -0.25) is 9.59 Å². The van der Waals surface area contributed by atoms with Gasteiger partial charge in [-0.25, -0.2) is 4.39 Å². The maximum Gasteiger partial charge on any atom is 0.229 e. The molecule has 0 saturated carbocycles. The van der Waals surface area contributed by atoms with E-state index in [-0.39, 0.29) is 29.4 Å². The van der Waals surface area contributed by atoms with Crippen molar-refractivity contribution in [3.05, 3.63) is 29.0 Å². The minimum absolute atomic E-state index is 0.0298. The third kappa shape index (κ3) is 3.82. The summed E-state index contributed by atoms with van der Waals surface area (Å²) in [6.45, 7) is 1.67. The molecular weight excluding hydrogens is 323 g/mol. The minimum Gasteiger partial charge on any atom is -0.376 e. The highest BCUT2D eigenvalue weighted by Crippen LogP contribution is 2.24. The third-order valence-electron chi connectivity index (χ3n) is 4.22. The first-order chi connectivity index (χ1) is 11.0. The van der Waals surface area contributed by atoms with Crippen LogP contribution in [0.2, 0.25) is 5.02 Å². The van der Waals surface area contributed by atoms with E-state index in [4.69, 9.17) is 16.3 Å². The van der Waals surface area contributed by atoms with Gasteiger partial charge in [-0.2, -0.15) is 0 Å². The first-order valence-electron chi connectivity index (χ1n) is 7.68. The van der Waals surface area contributed by atoms with Crippen LogP contribution in [0.15, 0.2) is 18.2 Å². The van der Waals surface area contributed by atoms with Gasteiger partial charge in [0.2, 0.25) is 11.8 Å². The summed E-state index contributed by atoms with van der Waals surface area (Å²) >= 11 is 5.70. The van der Waals surface area contributed by atoms with Crippen molar-refractivity contribution in [2.24, 2.45) is 5.92 Å². The summed E-state index contributed by atoms with van der Waals surface area (Å²) in [6.07, 6.45) is 2.24. The van der Waals surface area contributed by atoms with Crippen LogP contribution in [0, 0.1) is 11.7 Å². The fourth-order valence-corrected chi connectivity index (χ4v) is 3.16. The van der Waals surface area contributed by atoms with Crippen molar-refractivity contribution in [3.8, 4) is 0 Å². The molecule has 2 saturated heterocycles. The van der Waals surface area contributed by atoms with Gasteiger partial charge in [0.25, 0.3) is 0 Å². The van der Waals surface area contributed by atoms with Crippen LogP contribution in [0.1, 0.15) is 19.3 Å². The predicted molar refractivity (Wildman–Crippen MR) is 83.7 cm³/mol. The lowest BCUT2D eigenvalue weighted by Gasteiger charge is -2.20. The van der Waals surface area contributed by atoms with E-state index in [1.54, 1.807) is 4.90 Å². The zero-order chi connectivity index (χ0) is 16.4. The summed E-state index contributed by atoms with van der Waals surface area (Å²) in [4.78, 5) is 26.0. The second-order valence-corrected chi connectivity index (χ2v) is 6.36. The van der Waals surface area contributed by atoms with Crippen LogP contribution in [-0.4, -0.2) is 42.5 Å². The molecular formula is C16H18ClFN2O3. The molecule has 23 heavy (non-hydrogen) atoms. The fourth-order valence-electron chi connectivity index (χ4n) is 2.98. The number of carbonyl (C=O) groups excluding carboxylic acids is 2. The van der Waals surface area contributed by atoms with Gasteiger partial charge in [-0.1, -0.05) is 11.6 Å². The van der Waals surface area contributed by atoms with Gasteiger partial charge in [0, 0.05) is 31.8 Å². The van der Waals surface area contributed by atoms with Crippen LogP contribution in [0.25, 0.3) is 0 Å². The molecule has 124 valence electrons. The van der Waals surface area contributed by atoms with Crippen LogP contribution in [0.4, 0.5) is 10.1 Å². The number of benzene rings is 1. The van der Waals surface area contributed by atoms with Gasteiger partial charge in [0.05, 0.1) is 17.0 Å². The Balaban J connectivity index is 1.57. The van der Waals surface area contributed by atoms with E-state index in [9.17, 15) is 14.0 Å². The Bertz CT molecular complexity index is 619. The number of carbonyl (C=O) groups is 2. The number of rotatable bonds is 4. The summed E-state index contributed by atoms with van der Waals surface area (Å²) in [5.74, 6) is -1.23. The average molecular weight is 341 g/mol. The highest BCUT2D eigenvalue weighted by molar-refractivity contribution is 6.31. The lowest BCUT2D eigenvalue weighted by molar-refractivity contribution is -0.129. The molecule has 2 fully saturated rings. The van der Waals surface area contributed by atoms with Gasteiger partial charge >= 0.3 is 0 Å². The van der Waals surface area contributed by atoms with Crippen molar-refractivity contribution in [1.82, 2.24) is 4.90 Å². The fraction of sp³-hybridized carbons (Fsp3) is 0.500. The molecule has 0 radical (unpaired) electrons. The first-order valence-corrected chi connectivity index (χ1v) is 8.06. The molecule has 2 amide bonds. The first kappa shape index (κ1) is 16.2. The zero-order valence-corrected chi connectivity index (χ0v) is 13.3. The molecule has 2 aliphatic rings. The highest BCUT2D eigenvalue weighted by Gasteiger charge is 2.36. The number of anilines is 1. The largest absolute Gasteiger partial charge is 0.376 e. The van der Waals surface area contributed by atoms with Crippen molar-refractivity contribution < 1.29 is 18.7 Å². The van der Waals surface area contributed by atoms with E-state index >= 15 is 0 Å². The van der Waals surface area contributed by atoms with Crippen LogP contribution in [0.5, 0.6) is 0 Å². The molecule has 2 aliphatic heterocycles. The second kappa shape index (κ2) is 6.84. The molecule has 0 aliphatic carbocycles. The number of nitrogens with one attached hydrogen (secondary N) is 1. The van der Waals surface area contributed by atoms with Gasteiger partial charge < -0.3 is 15.0 Å². The maximum absolute atomic E-state index is 13.1. The molecule has 1 aromatic carbocycles. The highest BCUT2D eigenvalue weighted by atomic mass is 35.5. The SMILES string of the molecule is O=C(Nc1ccc(F)c(Cl)c1)C1CC(=O)N(CC2CCCO2)C1. The lowest BCUT2D eigenvalue weighted by atomic mass is 10.1. The van der Waals surface area contributed by atoms with Gasteiger partial charge in [-0.15, -0.1) is 0 Å². The van der Waals surface area contributed by atoms with E-state index in [2.05, 4.69) is 5.32 Å². The Morgan fingerprint density at radius 1 is 1.48 bits per heavy atom. The van der Waals surface area contributed by atoms with Crippen LogP contribution >= 0.6 is 11.6 Å². The van der Waals surface area contributed by atoms with Gasteiger partial charge in [0.1, 0.15) is 5.82 Å². The molecule has 5 nitrogen and oxygen atoms in total. The quantitative estimate of drug-likeness (QED) is 0.916. The molecule has 0 aromatic heterocycles. The Labute approximate surface area is 138 Å². The van der Waals surface area contributed by atoms with Gasteiger partial charge in [0.15, 0.2) is 0 Å². The monoisotopic (exact) mass is 340 g/mol. The molecule has 2 heterocycles. The summed E-state index contributed by atoms with van der Waals surface area (Å²) in [7, 11) is 0. The number of likely N-dealkylation sites (tertiary alicyclic amines) is 1. The van der Waals surface area contributed by atoms with Crippen molar-refractivity contribution in [2.75, 3.05) is 25.0 Å². The molecule has 1 N–H and O–H groups in total. The normalized spacial score (nSPS) is 24.3. The van der Waals surface area contributed by atoms with Crippen LogP contribution in [0.3, 0.4) is 0 Å². The Kier molecular flexibility index (Phi) is 4.82. The molecule has 2 atom stereocenters. The Morgan fingerprint density at radius 3 is 3.00 bits per heavy atom. The molecule has 7 heteroatoms. The minimum atomic E-state index is -0.538. The molecule has 0 spiro atoms. The van der Waals surface area contributed by atoms with E-state index in [1.807, 2.05) is 0 Å². The molecule has 0 bridgehead atoms. The standard InChI is InChI=1S/C16H18ClFN2O3/c17-13-7-11(3-4-14(13)18)19-16(22)10-6-15(21)20(8-10)9-12-2-1-5-23-12/h3-4,7,10,12H,1-2,5-6,8-9H2,(H,19,22). The number of amides is 2. The molecule has 1 aromatic rings. The second-order valence-electron chi connectivity index (χ2n) is 5.95. The van der Waals surface area contributed by atoms with Gasteiger partial charge in [-0.05, 0) is 31.0 Å². The third-order valence-corrected chi connectivity index (χ3v) is 4.51. The number of ether oxygens (including phenoxy) is 1. The zero-order valence-electron chi connectivity index (χ0n) is 12.6. The van der Waals surface area contributed by atoms with E-state index in [0.29, 0.717) is 18.8 Å². The smallest absolute Gasteiger partial charge is 0.229 e. The topological polar surface area (TPSA) is 58.6 Å². The van der Waals surface area contributed by atoms with Crippen LogP contribution in [-0.2, 0) is 14.3 Å². The average Bonchev–Trinajstić information content (AvgIpc) is 3.14. The van der Waals surface area contributed by atoms with Crippen molar-refractivity contribution in [1.29, 1.82) is 0 Å². The van der Waals surface area contributed by atoms with Crippen molar-refractivity contribution in [3.63, 3.8) is 0 Å². The van der Waals surface area contributed by atoms with E-state index < -0.39 is 11.7 Å². The number of halogens is 2. The molecule has 2 unspecified atom stereocenters. The number of hydrogen-bond donors (Lipinski definition) is 1. The molecule has 3 rings (SSSR count). The van der Waals surface area contributed by atoms with Crippen molar-refractivity contribution >= 4 is 29.1 Å². The Morgan fingerprint density at radius 2 is 2.30 bits per heavy atom. The van der Waals surface area contributed by atoms with Crippen LogP contribution < -0.4 is 5.32 Å². The number of nitrogens with zero attached hydrogens (tertiary/aromatic N) is 1. The van der Waals surface area contributed by atoms with Crippen molar-refractivity contribution in [2.45, 2.75) is 25.4 Å². The Hall–Kier alpha value is -1.66. The maximum atomic E-state index is 13.1.